The summed E-state index contributed by atoms with van der Waals surface area (Å²) in [5.74, 6) is -0.364. The maximum atomic E-state index is 13.4. The highest BCUT2D eigenvalue weighted by Gasteiger charge is 2.25. The van der Waals surface area contributed by atoms with E-state index in [1.54, 1.807) is 52.0 Å². The van der Waals surface area contributed by atoms with E-state index in [1.165, 1.54) is 17.0 Å². The van der Waals surface area contributed by atoms with E-state index in [0.29, 0.717) is 16.8 Å². The smallest absolute Gasteiger partial charge is 0.415 e. The van der Waals surface area contributed by atoms with Gasteiger partial charge in [-0.05, 0) is 69.2 Å². The minimum Gasteiger partial charge on any atom is -0.443 e. The maximum absolute atomic E-state index is 13.4. The third-order valence-corrected chi connectivity index (χ3v) is 3.46. The van der Waals surface area contributed by atoms with Crippen molar-refractivity contribution in [2.24, 2.45) is 0 Å². The number of carbonyl (C=O) groups is 1. The molecule has 0 atom stereocenters. The zero-order valence-corrected chi connectivity index (χ0v) is 14.8. The molecule has 0 radical (unpaired) electrons. The van der Waals surface area contributed by atoms with Crippen LogP contribution in [-0.2, 0) is 11.3 Å². The van der Waals surface area contributed by atoms with Gasteiger partial charge in [0.05, 0.1) is 23.9 Å². The van der Waals surface area contributed by atoms with Gasteiger partial charge in [-0.2, -0.15) is 5.26 Å². The zero-order valence-electron chi connectivity index (χ0n) is 14.8. The molecule has 5 heteroatoms. The maximum Gasteiger partial charge on any atom is 0.415 e. The molecule has 4 nitrogen and oxygen atoms in total. The summed E-state index contributed by atoms with van der Waals surface area (Å²) < 4.78 is 18.9. The molecule has 0 aliphatic carbocycles. The van der Waals surface area contributed by atoms with Crippen LogP contribution in [-0.4, -0.2) is 11.7 Å². The van der Waals surface area contributed by atoms with Crippen molar-refractivity contribution >= 4 is 11.8 Å². The lowest BCUT2D eigenvalue weighted by Crippen LogP contribution is -2.37. The van der Waals surface area contributed by atoms with Gasteiger partial charge in [0.1, 0.15) is 11.4 Å². The molecule has 130 valence electrons. The molecule has 0 fully saturated rings. The molecular formula is C20H21FN2O2. The summed E-state index contributed by atoms with van der Waals surface area (Å²) in [6.07, 6.45) is -0.524. The minimum absolute atomic E-state index is 0.219. The first kappa shape index (κ1) is 18.5. The molecule has 1 amide bonds. The molecule has 0 N–H and O–H groups in total. The molecule has 25 heavy (non-hydrogen) atoms. The molecule has 0 heterocycles. The Hall–Kier alpha value is -2.87. The van der Waals surface area contributed by atoms with Crippen molar-refractivity contribution in [1.82, 2.24) is 0 Å². The van der Waals surface area contributed by atoms with Crippen LogP contribution in [0.5, 0.6) is 0 Å². The Bertz CT molecular complexity index is 819. The second-order valence-electron chi connectivity index (χ2n) is 6.81. The Morgan fingerprint density at radius 3 is 2.56 bits per heavy atom. The summed E-state index contributed by atoms with van der Waals surface area (Å²) in [7, 11) is 0. The Labute approximate surface area is 147 Å². The largest absolute Gasteiger partial charge is 0.443 e. The van der Waals surface area contributed by atoms with Crippen molar-refractivity contribution in [2.45, 2.75) is 39.8 Å². The number of nitriles is 1. The van der Waals surface area contributed by atoms with Crippen LogP contribution in [0, 0.1) is 24.1 Å². The molecule has 2 aromatic carbocycles. The zero-order chi connectivity index (χ0) is 18.6. The van der Waals surface area contributed by atoms with Crippen LogP contribution < -0.4 is 4.90 Å². The van der Waals surface area contributed by atoms with Crippen LogP contribution in [0.4, 0.5) is 14.9 Å². The summed E-state index contributed by atoms with van der Waals surface area (Å²) in [6, 6.07) is 13.3. The van der Waals surface area contributed by atoms with E-state index < -0.39 is 11.7 Å². The van der Waals surface area contributed by atoms with Crippen molar-refractivity contribution in [3.8, 4) is 6.07 Å². The lowest BCUT2D eigenvalue weighted by molar-refractivity contribution is 0.0577. The summed E-state index contributed by atoms with van der Waals surface area (Å²) >= 11 is 0. The molecule has 2 rings (SSSR count). The monoisotopic (exact) mass is 340 g/mol. The summed E-state index contributed by atoms with van der Waals surface area (Å²) in [6.45, 7) is 7.32. The van der Waals surface area contributed by atoms with Gasteiger partial charge in [-0.1, -0.05) is 12.1 Å². The Morgan fingerprint density at radius 1 is 1.24 bits per heavy atom. The first-order chi connectivity index (χ1) is 11.7. The van der Waals surface area contributed by atoms with Crippen LogP contribution in [0.3, 0.4) is 0 Å². The van der Waals surface area contributed by atoms with Crippen molar-refractivity contribution < 1.29 is 13.9 Å². The molecule has 0 aliphatic rings. The predicted molar refractivity (Wildman–Crippen MR) is 94.7 cm³/mol. The van der Waals surface area contributed by atoms with Crippen molar-refractivity contribution in [3.05, 3.63) is 65.0 Å². The van der Waals surface area contributed by atoms with E-state index in [2.05, 4.69) is 6.07 Å². The van der Waals surface area contributed by atoms with Crippen LogP contribution in [0.1, 0.15) is 37.5 Å². The van der Waals surface area contributed by atoms with Gasteiger partial charge >= 0.3 is 6.09 Å². The Balaban J connectivity index is 2.41. The van der Waals surface area contributed by atoms with Gasteiger partial charge in [-0.15, -0.1) is 0 Å². The van der Waals surface area contributed by atoms with E-state index in [1.807, 2.05) is 6.07 Å². The highest BCUT2D eigenvalue weighted by Crippen LogP contribution is 2.25. The third-order valence-electron chi connectivity index (χ3n) is 3.46. The van der Waals surface area contributed by atoms with Gasteiger partial charge in [0.25, 0.3) is 0 Å². The topological polar surface area (TPSA) is 53.3 Å². The standard InChI is InChI=1S/C20H21FN2O2/c1-14-10-17(21)8-9-18(14)23(19(24)25-20(2,3)4)13-16-7-5-6-15(11-16)12-22/h5-11H,13H2,1-4H3. The normalized spacial score (nSPS) is 10.9. The summed E-state index contributed by atoms with van der Waals surface area (Å²) in [5, 5.41) is 9.05. The fourth-order valence-corrected chi connectivity index (χ4v) is 2.41. The number of carbonyl (C=O) groups excluding carboxylic acids is 1. The molecule has 0 unspecified atom stereocenters. The second kappa shape index (κ2) is 7.35. The highest BCUT2D eigenvalue weighted by atomic mass is 19.1. The van der Waals surface area contributed by atoms with Crippen LogP contribution in [0.25, 0.3) is 0 Å². The van der Waals surface area contributed by atoms with Gasteiger partial charge in [-0.25, -0.2) is 9.18 Å². The second-order valence-corrected chi connectivity index (χ2v) is 6.81. The number of ether oxygens (including phenoxy) is 1. The first-order valence-corrected chi connectivity index (χ1v) is 7.95. The lowest BCUT2D eigenvalue weighted by atomic mass is 10.1. The molecule has 0 saturated heterocycles. The Kier molecular flexibility index (Phi) is 5.43. The third kappa shape index (κ3) is 5.05. The summed E-state index contributed by atoms with van der Waals surface area (Å²) in [4.78, 5) is 14.2. The minimum atomic E-state index is -0.655. The van der Waals surface area contributed by atoms with Gasteiger partial charge in [0.2, 0.25) is 0 Å². The molecule has 0 bridgehead atoms. The average molecular weight is 340 g/mol. The van der Waals surface area contributed by atoms with E-state index in [-0.39, 0.29) is 12.4 Å². The quantitative estimate of drug-likeness (QED) is 0.794. The molecule has 0 spiro atoms. The van der Waals surface area contributed by atoms with E-state index >= 15 is 0 Å². The molecule has 0 aliphatic heterocycles. The first-order valence-electron chi connectivity index (χ1n) is 7.95. The van der Waals surface area contributed by atoms with Crippen molar-refractivity contribution in [2.75, 3.05) is 4.90 Å². The van der Waals surface area contributed by atoms with Crippen LogP contribution in [0.2, 0.25) is 0 Å². The summed E-state index contributed by atoms with van der Waals surface area (Å²) in [5.41, 5.74) is 1.84. The van der Waals surface area contributed by atoms with Crippen LogP contribution >= 0.6 is 0 Å². The van der Waals surface area contributed by atoms with E-state index in [9.17, 15) is 9.18 Å². The number of hydrogen-bond donors (Lipinski definition) is 0. The van der Waals surface area contributed by atoms with Gasteiger partial charge < -0.3 is 4.74 Å². The van der Waals surface area contributed by atoms with E-state index in [0.717, 1.165) is 5.56 Å². The van der Waals surface area contributed by atoms with Crippen LogP contribution in [0.15, 0.2) is 42.5 Å². The molecule has 0 aromatic heterocycles. The number of benzene rings is 2. The number of rotatable bonds is 3. The van der Waals surface area contributed by atoms with Gasteiger partial charge in [0, 0.05) is 0 Å². The average Bonchev–Trinajstić information content (AvgIpc) is 2.52. The molecular weight excluding hydrogens is 319 g/mol. The SMILES string of the molecule is Cc1cc(F)ccc1N(Cc1cccc(C#N)c1)C(=O)OC(C)(C)C. The number of amides is 1. The number of halogens is 1. The molecule has 2 aromatic rings. The fourth-order valence-electron chi connectivity index (χ4n) is 2.41. The highest BCUT2D eigenvalue weighted by molar-refractivity contribution is 5.88. The van der Waals surface area contributed by atoms with Crippen molar-refractivity contribution in [1.29, 1.82) is 5.26 Å². The van der Waals surface area contributed by atoms with Crippen molar-refractivity contribution in [3.63, 3.8) is 0 Å². The lowest BCUT2D eigenvalue weighted by Gasteiger charge is -2.28. The predicted octanol–water partition coefficient (Wildman–Crippen LogP) is 4.95. The number of anilines is 1. The van der Waals surface area contributed by atoms with E-state index in [4.69, 9.17) is 10.00 Å². The van der Waals surface area contributed by atoms with Gasteiger partial charge in [-0.3, -0.25) is 4.90 Å². The van der Waals surface area contributed by atoms with Gasteiger partial charge in [0.15, 0.2) is 0 Å². The number of hydrogen-bond acceptors (Lipinski definition) is 3. The fraction of sp³-hybridized carbons (Fsp3) is 0.300. The Morgan fingerprint density at radius 2 is 1.96 bits per heavy atom. The molecule has 0 saturated carbocycles. The number of aryl methyl sites for hydroxylation is 1. The number of nitrogens with zero attached hydrogens (tertiary/aromatic N) is 2.